The molecule has 0 aliphatic carbocycles. The van der Waals surface area contributed by atoms with E-state index < -0.39 is 35.8 Å². The second-order valence-corrected chi connectivity index (χ2v) is 4.80. The maximum Gasteiger partial charge on any atom is 0.332 e. The molecule has 1 aliphatic heterocycles. The Morgan fingerprint density at radius 2 is 1.82 bits per heavy atom. The first kappa shape index (κ1) is 15.9. The Hall–Kier alpha value is -2.48. The van der Waals surface area contributed by atoms with Gasteiger partial charge < -0.3 is 20.5 Å². The average molecular weight is 310 g/mol. The van der Waals surface area contributed by atoms with Crippen LogP contribution >= 0.6 is 0 Å². The van der Waals surface area contributed by atoms with E-state index in [4.69, 9.17) is 9.84 Å². The lowest BCUT2D eigenvalue weighted by Crippen LogP contribution is -2.39. The van der Waals surface area contributed by atoms with Gasteiger partial charge in [0.25, 0.3) is 0 Å². The van der Waals surface area contributed by atoms with E-state index in [9.17, 15) is 18.8 Å². The van der Waals surface area contributed by atoms with Gasteiger partial charge in [-0.3, -0.25) is 9.59 Å². The van der Waals surface area contributed by atoms with E-state index in [2.05, 4.69) is 10.6 Å². The Morgan fingerprint density at radius 3 is 2.41 bits per heavy atom. The first-order valence-corrected chi connectivity index (χ1v) is 6.67. The minimum absolute atomic E-state index is 0.259. The molecule has 0 unspecified atom stereocenters. The molecule has 0 radical (unpaired) electrons. The van der Waals surface area contributed by atoms with Gasteiger partial charge in [0, 0.05) is 5.69 Å². The lowest BCUT2D eigenvalue weighted by Gasteiger charge is -2.12. The van der Waals surface area contributed by atoms with Crippen molar-refractivity contribution in [3.8, 4) is 0 Å². The van der Waals surface area contributed by atoms with Gasteiger partial charge in [-0.25, -0.2) is 9.18 Å². The van der Waals surface area contributed by atoms with Crippen LogP contribution < -0.4 is 10.6 Å². The number of hydrogen-bond donors (Lipinski definition) is 3. The summed E-state index contributed by atoms with van der Waals surface area (Å²) < 4.78 is 17.8. The quantitative estimate of drug-likeness (QED) is 0.735. The van der Waals surface area contributed by atoms with Gasteiger partial charge in [0.05, 0.1) is 6.54 Å². The van der Waals surface area contributed by atoms with Gasteiger partial charge in [-0.15, -0.1) is 0 Å². The molecule has 22 heavy (non-hydrogen) atoms. The van der Waals surface area contributed by atoms with E-state index >= 15 is 0 Å². The fraction of sp³-hybridized carbons (Fsp3) is 0.357. The van der Waals surface area contributed by atoms with Crippen molar-refractivity contribution < 1.29 is 28.6 Å². The molecule has 7 nitrogen and oxygen atoms in total. The van der Waals surface area contributed by atoms with Crippen LogP contribution in [0.1, 0.15) is 12.8 Å². The molecule has 0 bridgehead atoms. The lowest BCUT2D eigenvalue weighted by atomic mass is 10.2. The average Bonchev–Trinajstić information content (AvgIpc) is 2.97. The number of aliphatic carboxylic acids is 1. The summed E-state index contributed by atoms with van der Waals surface area (Å²) in [6, 6.07) is 5.19. The van der Waals surface area contributed by atoms with E-state index in [1.54, 1.807) is 0 Å². The second-order valence-electron chi connectivity index (χ2n) is 4.80. The molecule has 1 saturated heterocycles. The molecule has 2 amide bonds. The molecule has 1 aromatic rings. The number of carboxylic acids is 1. The summed E-state index contributed by atoms with van der Waals surface area (Å²) in [7, 11) is 0. The fourth-order valence-electron chi connectivity index (χ4n) is 2.03. The van der Waals surface area contributed by atoms with E-state index in [-0.39, 0.29) is 13.0 Å². The standard InChI is InChI=1S/C14H15FN2O5/c15-8-1-3-9(4-2-8)17-12(18)7-16-13(19)10-5-6-11(22-10)14(20)21/h1-4,10-11H,5-7H2,(H,16,19)(H,17,18)(H,20,21)/t10-,11+/m0/s1. The highest BCUT2D eigenvalue weighted by Crippen LogP contribution is 2.19. The SMILES string of the molecule is O=C(CNC(=O)[C@@H]1CC[C@H](C(=O)O)O1)Nc1ccc(F)cc1. The van der Waals surface area contributed by atoms with Gasteiger partial charge >= 0.3 is 5.97 Å². The van der Waals surface area contributed by atoms with Crippen LogP contribution in [-0.4, -0.2) is 41.6 Å². The molecule has 0 spiro atoms. The number of ether oxygens (including phenoxy) is 1. The summed E-state index contributed by atoms with van der Waals surface area (Å²) in [5.41, 5.74) is 0.406. The first-order chi connectivity index (χ1) is 10.5. The summed E-state index contributed by atoms with van der Waals surface area (Å²) in [5, 5.41) is 13.6. The van der Waals surface area contributed by atoms with Gasteiger partial charge in [-0.05, 0) is 37.1 Å². The summed E-state index contributed by atoms with van der Waals surface area (Å²) in [4.78, 5) is 34.1. The maximum absolute atomic E-state index is 12.7. The van der Waals surface area contributed by atoms with Crippen LogP contribution in [-0.2, 0) is 19.1 Å². The minimum Gasteiger partial charge on any atom is -0.479 e. The van der Waals surface area contributed by atoms with Gasteiger partial charge in [-0.2, -0.15) is 0 Å². The third kappa shape index (κ3) is 4.26. The van der Waals surface area contributed by atoms with Gasteiger partial charge in [0.15, 0.2) is 6.10 Å². The predicted molar refractivity (Wildman–Crippen MR) is 73.6 cm³/mol. The molecule has 118 valence electrons. The van der Waals surface area contributed by atoms with Crippen LogP contribution in [0.15, 0.2) is 24.3 Å². The van der Waals surface area contributed by atoms with Crippen molar-refractivity contribution in [2.45, 2.75) is 25.0 Å². The number of carbonyl (C=O) groups is 3. The first-order valence-electron chi connectivity index (χ1n) is 6.67. The highest BCUT2D eigenvalue weighted by Gasteiger charge is 2.34. The van der Waals surface area contributed by atoms with Crippen molar-refractivity contribution in [3.05, 3.63) is 30.1 Å². The molecule has 2 rings (SSSR count). The largest absolute Gasteiger partial charge is 0.479 e. The van der Waals surface area contributed by atoms with Crippen LogP contribution in [0.3, 0.4) is 0 Å². The van der Waals surface area contributed by atoms with Crippen LogP contribution in [0.25, 0.3) is 0 Å². The smallest absolute Gasteiger partial charge is 0.332 e. The normalized spacial score (nSPS) is 20.4. The van der Waals surface area contributed by atoms with E-state index in [0.717, 1.165) is 0 Å². The summed E-state index contributed by atoms with van der Waals surface area (Å²) >= 11 is 0. The van der Waals surface area contributed by atoms with E-state index in [0.29, 0.717) is 12.1 Å². The maximum atomic E-state index is 12.7. The molecule has 1 aliphatic rings. The number of nitrogens with one attached hydrogen (secondary N) is 2. The number of anilines is 1. The van der Waals surface area contributed by atoms with Crippen molar-refractivity contribution in [1.29, 1.82) is 0 Å². The fourth-order valence-corrected chi connectivity index (χ4v) is 2.03. The Bertz CT molecular complexity index is 575. The zero-order valence-electron chi connectivity index (χ0n) is 11.5. The molecular formula is C14H15FN2O5. The monoisotopic (exact) mass is 310 g/mol. The van der Waals surface area contributed by atoms with Crippen molar-refractivity contribution in [2.75, 3.05) is 11.9 Å². The highest BCUT2D eigenvalue weighted by atomic mass is 19.1. The van der Waals surface area contributed by atoms with Crippen LogP contribution in [0, 0.1) is 5.82 Å². The van der Waals surface area contributed by atoms with Crippen LogP contribution in [0.5, 0.6) is 0 Å². The third-order valence-corrected chi connectivity index (χ3v) is 3.14. The number of carboxylic acid groups (broad SMARTS) is 1. The Balaban J connectivity index is 1.75. The summed E-state index contributed by atoms with van der Waals surface area (Å²) in [5.74, 6) is -2.53. The number of rotatable bonds is 5. The van der Waals surface area contributed by atoms with Gasteiger partial charge in [0.1, 0.15) is 11.9 Å². The van der Waals surface area contributed by atoms with Crippen molar-refractivity contribution >= 4 is 23.5 Å². The van der Waals surface area contributed by atoms with Gasteiger partial charge in [0.2, 0.25) is 11.8 Å². The van der Waals surface area contributed by atoms with E-state index in [1.807, 2.05) is 0 Å². The molecule has 1 aromatic carbocycles. The number of halogens is 1. The molecular weight excluding hydrogens is 295 g/mol. The molecule has 2 atom stereocenters. The minimum atomic E-state index is -1.11. The second kappa shape index (κ2) is 6.99. The Kier molecular flexibility index (Phi) is 5.05. The number of amides is 2. The van der Waals surface area contributed by atoms with Crippen LogP contribution in [0.2, 0.25) is 0 Å². The summed E-state index contributed by atoms with van der Waals surface area (Å²) in [6.07, 6.45) is -1.29. The number of benzene rings is 1. The van der Waals surface area contributed by atoms with Gasteiger partial charge in [-0.1, -0.05) is 0 Å². The number of hydrogen-bond acceptors (Lipinski definition) is 4. The Labute approximate surface area is 125 Å². The lowest BCUT2D eigenvalue weighted by molar-refractivity contribution is -0.152. The van der Waals surface area contributed by atoms with Crippen molar-refractivity contribution in [1.82, 2.24) is 5.32 Å². The highest BCUT2D eigenvalue weighted by molar-refractivity contribution is 5.95. The zero-order chi connectivity index (χ0) is 16.1. The van der Waals surface area contributed by atoms with E-state index in [1.165, 1.54) is 24.3 Å². The molecule has 1 heterocycles. The topological polar surface area (TPSA) is 105 Å². The number of carbonyl (C=O) groups excluding carboxylic acids is 2. The molecule has 3 N–H and O–H groups in total. The molecule has 0 saturated carbocycles. The van der Waals surface area contributed by atoms with Crippen molar-refractivity contribution in [3.63, 3.8) is 0 Å². The van der Waals surface area contributed by atoms with Crippen LogP contribution in [0.4, 0.5) is 10.1 Å². The zero-order valence-corrected chi connectivity index (χ0v) is 11.5. The summed E-state index contributed by atoms with van der Waals surface area (Å²) in [6.45, 7) is -0.284. The molecule has 1 fully saturated rings. The Morgan fingerprint density at radius 1 is 1.18 bits per heavy atom. The molecule has 8 heteroatoms. The third-order valence-electron chi connectivity index (χ3n) is 3.14. The molecule has 0 aromatic heterocycles. The van der Waals surface area contributed by atoms with Crippen molar-refractivity contribution in [2.24, 2.45) is 0 Å². The predicted octanol–water partition coefficient (Wildman–Crippen LogP) is 0.513.